The van der Waals surface area contributed by atoms with Gasteiger partial charge < -0.3 is 5.73 Å². The summed E-state index contributed by atoms with van der Waals surface area (Å²) in [6.07, 6.45) is 0. The monoisotopic (exact) mass is 263 g/mol. The first-order valence-electron chi connectivity index (χ1n) is 5.57. The molecule has 0 atom stereocenters. The van der Waals surface area contributed by atoms with Crippen molar-refractivity contribution in [3.63, 3.8) is 0 Å². The Hall–Kier alpha value is -1.68. The quantitative estimate of drug-likeness (QED) is 0.664. The Morgan fingerprint density at radius 1 is 1.17 bits per heavy atom. The lowest BCUT2D eigenvalue weighted by Crippen LogP contribution is -2.07. The lowest BCUT2D eigenvalue weighted by atomic mass is 10.0. The summed E-state index contributed by atoms with van der Waals surface area (Å²) in [5.74, 6) is -0.790. The van der Waals surface area contributed by atoms with Crippen LogP contribution < -0.4 is 5.73 Å². The van der Waals surface area contributed by atoms with Crippen LogP contribution in [0.1, 0.15) is 31.2 Å². The van der Waals surface area contributed by atoms with E-state index in [2.05, 4.69) is 0 Å². The molecule has 0 aliphatic rings. The number of nitrogen functional groups attached to an aromatic ring is 1. The maximum absolute atomic E-state index is 14.0. The van der Waals surface area contributed by atoms with E-state index in [-0.39, 0.29) is 11.3 Å². The van der Waals surface area contributed by atoms with Gasteiger partial charge in [-0.2, -0.15) is 0 Å². The fourth-order valence-electron chi connectivity index (χ4n) is 1.96. The molecule has 0 bridgehead atoms. The van der Waals surface area contributed by atoms with Gasteiger partial charge in [0.05, 0.1) is 5.56 Å². The number of rotatable bonds is 2. The first-order chi connectivity index (χ1) is 8.40. The van der Waals surface area contributed by atoms with E-state index < -0.39 is 5.82 Å². The molecule has 0 radical (unpaired) electrons. The molecular weight excluding hydrogens is 249 g/mol. The van der Waals surface area contributed by atoms with E-state index in [9.17, 15) is 9.18 Å². The average molecular weight is 263 g/mol. The van der Waals surface area contributed by atoms with Crippen molar-refractivity contribution >= 4 is 22.8 Å². The maximum Gasteiger partial charge on any atom is 0.197 e. The van der Waals surface area contributed by atoms with E-state index in [0.717, 1.165) is 9.75 Å². The molecule has 0 saturated heterocycles. The van der Waals surface area contributed by atoms with Crippen LogP contribution >= 0.6 is 11.3 Å². The minimum Gasteiger partial charge on any atom is -0.399 e. The van der Waals surface area contributed by atoms with E-state index in [4.69, 9.17) is 5.73 Å². The van der Waals surface area contributed by atoms with Gasteiger partial charge in [-0.05, 0) is 44.5 Å². The molecule has 2 N–H and O–H groups in total. The third-order valence-electron chi connectivity index (χ3n) is 2.81. The lowest BCUT2D eigenvalue weighted by Gasteiger charge is -2.06. The molecule has 1 heterocycles. The molecule has 0 unspecified atom stereocenters. The molecule has 0 aliphatic heterocycles. The predicted molar refractivity (Wildman–Crippen MR) is 72.8 cm³/mol. The highest BCUT2D eigenvalue weighted by atomic mass is 32.1. The van der Waals surface area contributed by atoms with Crippen LogP contribution in [0.15, 0.2) is 18.2 Å². The molecule has 1 aromatic carbocycles. The Balaban J connectivity index is 2.56. The van der Waals surface area contributed by atoms with Gasteiger partial charge in [0.15, 0.2) is 5.78 Å². The minimum absolute atomic E-state index is 0.0494. The van der Waals surface area contributed by atoms with Crippen LogP contribution in [0.4, 0.5) is 10.1 Å². The zero-order valence-corrected chi connectivity index (χ0v) is 11.3. The molecule has 0 spiro atoms. The van der Waals surface area contributed by atoms with Gasteiger partial charge in [-0.25, -0.2) is 4.39 Å². The number of anilines is 1. The molecule has 4 heteroatoms. The summed E-state index contributed by atoms with van der Waals surface area (Å²) < 4.78 is 14.0. The Labute approximate surface area is 109 Å². The van der Waals surface area contributed by atoms with Gasteiger partial charge in [0.1, 0.15) is 5.82 Å². The Morgan fingerprint density at radius 2 is 1.83 bits per heavy atom. The van der Waals surface area contributed by atoms with Gasteiger partial charge in [-0.3, -0.25) is 4.79 Å². The van der Waals surface area contributed by atoms with Crippen LogP contribution in [0.5, 0.6) is 0 Å². The second-order valence-electron chi connectivity index (χ2n) is 4.36. The Kier molecular flexibility index (Phi) is 3.22. The van der Waals surface area contributed by atoms with Crippen molar-refractivity contribution in [2.24, 2.45) is 0 Å². The number of aryl methyl sites for hydroxylation is 3. The highest BCUT2D eigenvalue weighted by Crippen LogP contribution is 2.26. The van der Waals surface area contributed by atoms with Gasteiger partial charge >= 0.3 is 0 Å². The number of carbonyl (C=O) groups is 1. The molecule has 2 aromatic rings. The normalized spacial score (nSPS) is 10.7. The summed E-state index contributed by atoms with van der Waals surface area (Å²) in [6.45, 7) is 5.39. The Bertz CT molecular complexity index is 631. The topological polar surface area (TPSA) is 43.1 Å². The van der Waals surface area contributed by atoms with Gasteiger partial charge in [0.2, 0.25) is 0 Å². The van der Waals surface area contributed by atoms with E-state index in [1.165, 1.54) is 23.5 Å². The highest BCUT2D eigenvalue weighted by Gasteiger charge is 2.19. The number of hydrogen-bond donors (Lipinski definition) is 1. The van der Waals surface area contributed by atoms with Crippen molar-refractivity contribution in [2.45, 2.75) is 20.8 Å². The average Bonchev–Trinajstić information content (AvgIpc) is 2.62. The third kappa shape index (κ3) is 2.16. The molecule has 2 nitrogen and oxygen atoms in total. The van der Waals surface area contributed by atoms with Crippen molar-refractivity contribution in [3.05, 3.63) is 50.5 Å². The number of benzene rings is 1. The molecule has 18 heavy (non-hydrogen) atoms. The van der Waals surface area contributed by atoms with Crippen LogP contribution in [0, 0.1) is 26.6 Å². The second kappa shape index (κ2) is 4.53. The Morgan fingerprint density at radius 3 is 2.39 bits per heavy atom. The fourth-order valence-corrected chi connectivity index (χ4v) is 2.89. The number of carbonyl (C=O) groups excluding carboxylic acids is 1. The summed E-state index contributed by atoms with van der Waals surface area (Å²) >= 11 is 1.53. The first-order valence-corrected chi connectivity index (χ1v) is 6.39. The predicted octanol–water partition coefficient (Wildman–Crippen LogP) is 3.63. The minimum atomic E-state index is -0.488. The van der Waals surface area contributed by atoms with Crippen molar-refractivity contribution in [3.8, 4) is 0 Å². The number of ketones is 1. The summed E-state index contributed by atoms with van der Waals surface area (Å²) in [4.78, 5) is 14.3. The largest absolute Gasteiger partial charge is 0.399 e. The zero-order chi connectivity index (χ0) is 13.4. The second-order valence-corrected chi connectivity index (χ2v) is 5.82. The van der Waals surface area contributed by atoms with Crippen LogP contribution in [0.3, 0.4) is 0 Å². The van der Waals surface area contributed by atoms with Crippen LogP contribution in [0.2, 0.25) is 0 Å². The van der Waals surface area contributed by atoms with Gasteiger partial charge in [0, 0.05) is 21.0 Å². The molecular formula is C14H14FNOS. The van der Waals surface area contributed by atoms with Gasteiger partial charge in [0.25, 0.3) is 0 Å². The number of hydrogen-bond acceptors (Lipinski definition) is 3. The number of nitrogens with two attached hydrogens (primary N) is 1. The van der Waals surface area contributed by atoms with Crippen molar-refractivity contribution in [1.29, 1.82) is 0 Å². The van der Waals surface area contributed by atoms with Crippen LogP contribution in [0.25, 0.3) is 0 Å². The molecule has 2 rings (SSSR count). The molecule has 1 aromatic heterocycles. The van der Waals surface area contributed by atoms with E-state index in [1.807, 2.05) is 13.8 Å². The lowest BCUT2D eigenvalue weighted by molar-refractivity contribution is 0.103. The molecule has 94 valence electrons. The van der Waals surface area contributed by atoms with E-state index in [1.54, 1.807) is 13.0 Å². The van der Waals surface area contributed by atoms with E-state index >= 15 is 0 Å². The van der Waals surface area contributed by atoms with E-state index in [0.29, 0.717) is 16.8 Å². The first kappa shape index (κ1) is 12.8. The molecule has 0 fully saturated rings. The van der Waals surface area contributed by atoms with Crippen molar-refractivity contribution < 1.29 is 9.18 Å². The standard InChI is InChI=1S/C14H14FNOS/c1-7-4-10(16)6-12(13(7)15)14(17)11-5-8(2)18-9(11)3/h4-6H,16H2,1-3H3. The summed E-state index contributed by atoms with van der Waals surface area (Å²) in [6, 6.07) is 4.72. The molecule has 0 amide bonds. The fraction of sp³-hybridized carbons (Fsp3) is 0.214. The number of halogens is 1. The summed E-state index contributed by atoms with van der Waals surface area (Å²) in [5.41, 5.74) is 7.07. The summed E-state index contributed by atoms with van der Waals surface area (Å²) in [5, 5.41) is 0. The van der Waals surface area contributed by atoms with Crippen molar-refractivity contribution in [2.75, 3.05) is 5.73 Å². The smallest absolute Gasteiger partial charge is 0.197 e. The number of thiophene rings is 1. The van der Waals surface area contributed by atoms with Crippen LogP contribution in [-0.2, 0) is 0 Å². The third-order valence-corrected chi connectivity index (χ3v) is 3.77. The van der Waals surface area contributed by atoms with Gasteiger partial charge in [-0.1, -0.05) is 0 Å². The maximum atomic E-state index is 14.0. The van der Waals surface area contributed by atoms with Crippen molar-refractivity contribution in [1.82, 2.24) is 0 Å². The highest BCUT2D eigenvalue weighted by molar-refractivity contribution is 7.12. The van der Waals surface area contributed by atoms with Crippen LogP contribution in [-0.4, -0.2) is 5.78 Å². The zero-order valence-electron chi connectivity index (χ0n) is 10.5. The molecule has 0 aliphatic carbocycles. The summed E-state index contributed by atoms with van der Waals surface area (Å²) in [7, 11) is 0. The van der Waals surface area contributed by atoms with Gasteiger partial charge in [-0.15, -0.1) is 11.3 Å². The molecule has 0 saturated carbocycles. The SMILES string of the molecule is Cc1cc(C(=O)c2cc(N)cc(C)c2F)c(C)s1.